The molecule has 19 heavy (non-hydrogen) atoms. The van der Waals surface area contributed by atoms with Crippen molar-refractivity contribution in [2.45, 2.75) is 12.6 Å². The largest absolute Gasteiger partial charge is 0.390 e. The van der Waals surface area contributed by atoms with Crippen molar-refractivity contribution < 1.29 is 27.3 Å². The van der Waals surface area contributed by atoms with Gasteiger partial charge in [0, 0.05) is 18.2 Å². The first-order valence-corrected chi connectivity index (χ1v) is 4.99. The van der Waals surface area contributed by atoms with Crippen molar-refractivity contribution in [2.75, 3.05) is 6.54 Å². The molecule has 0 atom stereocenters. The highest BCUT2D eigenvalue weighted by Crippen LogP contribution is 2.20. The van der Waals surface area contributed by atoms with Crippen molar-refractivity contribution in [1.29, 1.82) is 0 Å². The van der Waals surface area contributed by atoms with E-state index in [1.807, 2.05) is 5.32 Å². The summed E-state index contributed by atoms with van der Waals surface area (Å²) in [6.45, 7) is -0.659. The predicted octanol–water partition coefficient (Wildman–Crippen LogP) is 2.42. The second-order valence-corrected chi connectivity index (χ2v) is 3.54. The fraction of sp³-hybridized carbons (Fsp3) is 0.300. The van der Waals surface area contributed by atoms with E-state index in [4.69, 9.17) is 0 Å². The van der Waals surface area contributed by atoms with E-state index >= 15 is 0 Å². The molecule has 0 radical (unpaired) electrons. The summed E-state index contributed by atoms with van der Waals surface area (Å²) in [7, 11) is 0. The van der Waals surface area contributed by atoms with E-state index in [1.165, 1.54) is 0 Å². The summed E-state index contributed by atoms with van der Waals surface area (Å²) in [5, 5.41) is 12.4. The predicted molar refractivity (Wildman–Crippen MR) is 56.1 cm³/mol. The number of rotatable bonds is 4. The van der Waals surface area contributed by atoms with E-state index < -0.39 is 41.5 Å². The fourth-order valence-electron chi connectivity index (χ4n) is 1.21. The van der Waals surface area contributed by atoms with Crippen LogP contribution in [-0.4, -0.2) is 23.6 Å². The SMILES string of the molecule is O=C(NCCC(F)(F)F)c1ccc(F)c([N+](=O)[O-])c1. The maximum atomic E-state index is 13.0. The first-order chi connectivity index (χ1) is 8.70. The van der Waals surface area contributed by atoms with Crippen LogP contribution in [0.2, 0.25) is 0 Å². The highest BCUT2D eigenvalue weighted by atomic mass is 19.4. The van der Waals surface area contributed by atoms with Gasteiger partial charge in [0.15, 0.2) is 0 Å². The van der Waals surface area contributed by atoms with Gasteiger partial charge in [0.2, 0.25) is 5.82 Å². The number of benzene rings is 1. The van der Waals surface area contributed by atoms with Crippen molar-refractivity contribution in [3.8, 4) is 0 Å². The van der Waals surface area contributed by atoms with Gasteiger partial charge in [-0.05, 0) is 12.1 Å². The molecule has 0 saturated heterocycles. The van der Waals surface area contributed by atoms with Crippen LogP contribution in [0.15, 0.2) is 18.2 Å². The summed E-state index contributed by atoms with van der Waals surface area (Å²) >= 11 is 0. The second kappa shape index (κ2) is 5.63. The average Bonchev–Trinajstić information content (AvgIpc) is 2.27. The summed E-state index contributed by atoms with van der Waals surface area (Å²) in [5.41, 5.74) is -1.20. The van der Waals surface area contributed by atoms with E-state index in [2.05, 4.69) is 0 Å². The molecule has 1 aromatic carbocycles. The topological polar surface area (TPSA) is 72.2 Å². The molecule has 0 aliphatic heterocycles. The Hall–Kier alpha value is -2.19. The summed E-state index contributed by atoms with van der Waals surface area (Å²) in [6.07, 6.45) is -5.63. The molecule has 104 valence electrons. The number of halogens is 4. The minimum Gasteiger partial charge on any atom is -0.352 e. The smallest absolute Gasteiger partial charge is 0.352 e. The Labute approximate surface area is 104 Å². The first-order valence-electron chi connectivity index (χ1n) is 4.99. The van der Waals surface area contributed by atoms with Crippen LogP contribution in [0.3, 0.4) is 0 Å². The number of nitrogens with zero attached hydrogens (tertiary/aromatic N) is 1. The Morgan fingerprint density at radius 3 is 2.53 bits per heavy atom. The zero-order chi connectivity index (χ0) is 14.6. The molecule has 0 bridgehead atoms. The minimum atomic E-state index is -4.41. The van der Waals surface area contributed by atoms with Crippen LogP contribution in [-0.2, 0) is 0 Å². The molecule has 0 saturated carbocycles. The Bertz CT molecular complexity index is 502. The highest BCUT2D eigenvalue weighted by molar-refractivity contribution is 5.94. The standard InChI is InChI=1S/C10H8F4N2O3/c11-7-2-1-6(5-8(7)16(18)19)9(17)15-4-3-10(12,13)14/h1-2,5H,3-4H2,(H,15,17). The third-order valence-corrected chi connectivity index (χ3v) is 2.10. The average molecular weight is 280 g/mol. The van der Waals surface area contributed by atoms with Crippen LogP contribution in [0.1, 0.15) is 16.8 Å². The van der Waals surface area contributed by atoms with Crippen LogP contribution in [0.25, 0.3) is 0 Å². The van der Waals surface area contributed by atoms with Gasteiger partial charge in [0.05, 0.1) is 11.3 Å². The number of hydrogen-bond acceptors (Lipinski definition) is 3. The van der Waals surface area contributed by atoms with Crippen LogP contribution >= 0.6 is 0 Å². The molecule has 0 aliphatic carbocycles. The molecule has 1 aromatic rings. The molecule has 0 unspecified atom stereocenters. The molecular formula is C10H8F4N2O3. The molecule has 5 nitrogen and oxygen atoms in total. The molecule has 0 fully saturated rings. The molecule has 1 N–H and O–H groups in total. The molecule has 1 rings (SSSR count). The summed E-state index contributed by atoms with van der Waals surface area (Å²) < 4.78 is 48.5. The van der Waals surface area contributed by atoms with Gasteiger partial charge in [-0.15, -0.1) is 0 Å². The van der Waals surface area contributed by atoms with Crippen LogP contribution in [0.4, 0.5) is 23.2 Å². The maximum absolute atomic E-state index is 13.0. The lowest BCUT2D eigenvalue weighted by Crippen LogP contribution is -2.28. The van der Waals surface area contributed by atoms with E-state index in [-0.39, 0.29) is 5.56 Å². The van der Waals surface area contributed by atoms with Crippen molar-refractivity contribution in [3.63, 3.8) is 0 Å². The van der Waals surface area contributed by atoms with Gasteiger partial charge in [-0.25, -0.2) is 0 Å². The van der Waals surface area contributed by atoms with E-state index in [0.717, 1.165) is 6.07 Å². The maximum Gasteiger partial charge on any atom is 0.390 e. The zero-order valence-corrected chi connectivity index (χ0v) is 9.33. The Kier molecular flexibility index (Phi) is 4.41. The lowest BCUT2D eigenvalue weighted by atomic mass is 10.2. The quantitative estimate of drug-likeness (QED) is 0.523. The van der Waals surface area contributed by atoms with Gasteiger partial charge < -0.3 is 5.32 Å². The Balaban J connectivity index is 2.73. The number of carbonyl (C=O) groups excluding carboxylic acids is 1. The van der Waals surface area contributed by atoms with E-state index in [1.54, 1.807) is 0 Å². The number of carbonyl (C=O) groups is 1. The third-order valence-electron chi connectivity index (χ3n) is 2.10. The normalized spacial score (nSPS) is 11.2. The molecule has 1 amide bonds. The number of nitro groups is 1. The van der Waals surface area contributed by atoms with Crippen molar-refractivity contribution in [3.05, 3.63) is 39.7 Å². The van der Waals surface area contributed by atoms with Crippen molar-refractivity contribution in [2.24, 2.45) is 0 Å². The lowest BCUT2D eigenvalue weighted by molar-refractivity contribution is -0.387. The van der Waals surface area contributed by atoms with Gasteiger partial charge in [-0.1, -0.05) is 0 Å². The molecule has 9 heteroatoms. The number of alkyl halides is 3. The third kappa shape index (κ3) is 4.53. The zero-order valence-electron chi connectivity index (χ0n) is 9.33. The monoisotopic (exact) mass is 280 g/mol. The summed E-state index contributed by atoms with van der Waals surface area (Å²) in [5.74, 6) is -2.07. The number of amides is 1. The van der Waals surface area contributed by atoms with Gasteiger partial charge >= 0.3 is 11.9 Å². The number of hydrogen-bond donors (Lipinski definition) is 1. The van der Waals surface area contributed by atoms with Crippen molar-refractivity contribution >= 4 is 11.6 Å². The number of nitro benzene ring substituents is 1. The van der Waals surface area contributed by atoms with Gasteiger partial charge in [0.1, 0.15) is 0 Å². The first kappa shape index (κ1) is 14.9. The summed E-state index contributed by atoms with van der Waals surface area (Å²) in [6, 6.07) is 2.32. The van der Waals surface area contributed by atoms with Gasteiger partial charge in [-0.3, -0.25) is 14.9 Å². The Morgan fingerprint density at radius 1 is 1.37 bits per heavy atom. The molecule has 0 spiro atoms. The van der Waals surface area contributed by atoms with Gasteiger partial charge in [0.25, 0.3) is 5.91 Å². The van der Waals surface area contributed by atoms with Crippen LogP contribution in [0, 0.1) is 15.9 Å². The van der Waals surface area contributed by atoms with E-state index in [9.17, 15) is 32.5 Å². The number of nitrogens with one attached hydrogen (secondary N) is 1. The molecule has 0 aromatic heterocycles. The lowest BCUT2D eigenvalue weighted by Gasteiger charge is -2.07. The van der Waals surface area contributed by atoms with E-state index in [0.29, 0.717) is 12.1 Å². The van der Waals surface area contributed by atoms with Crippen molar-refractivity contribution in [1.82, 2.24) is 5.32 Å². The van der Waals surface area contributed by atoms with Crippen LogP contribution < -0.4 is 5.32 Å². The molecule has 0 aliphatic rings. The second-order valence-electron chi connectivity index (χ2n) is 3.54. The molecular weight excluding hydrogens is 272 g/mol. The summed E-state index contributed by atoms with van der Waals surface area (Å²) in [4.78, 5) is 20.8. The van der Waals surface area contributed by atoms with Gasteiger partial charge in [-0.2, -0.15) is 17.6 Å². The highest BCUT2D eigenvalue weighted by Gasteiger charge is 2.26. The molecule has 0 heterocycles. The Morgan fingerprint density at radius 2 is 2.00 bits per heavy atom. The minimum absolute atomic E-state index is 0.282. The van der Waals surface area contributed by atoms with Crippen LogP contribution in [0.5, 0.6) is 0 Å². The fourth-order valence-corrected chi connectivity index (χ4v) is 1.21.